The molecular formula is C24H52ClN. The Hall–Kier alpha value is 0.250. The summed E-state index contributed by atoms with van der Waals surface area (Å²) in [5.41, 5.74) is 0. The van der Waals surface area contributed by atoms with Gasteiger partial charge < -0.3 is 5.32 Å². The van der Waals surface area contributed by atoms with Gasteiger partial charge in [0.15, 0.2) is 0 Å². The van der Waals surface area contributed by atoms with Crippen molar-refractivity contribution in [1.82, 2.24) is 5.32 Å². The first kappa shape index (κ1) is 28.5. The standard InChI is InChI=1S/C22H45Cl.C2H7N/c1-3-5-7-9-11-13-15-17-19-21-22(23)20-18-16-14-12-10-8-6-4-2;1-3-2/h22H,3-21H2,1-2H3;3H,1-2H3. The molecule has 2 heteroatoms. The van der Waals surface area contributed by atoms with Gasteiger partial charge in [0, 0.05) is 5.38 Å². The molecule has 1 N–H and O–H groups in total. The second-order valence-corrected chi connectivity index (χ2v) is 8.60. The molecule has 0 radical (unpaired) electrons. The van der Waals surface area contributed by atoms with Crippen molar-refractivity contribution in [1.29, 1.82) is 0 Å². The molecule has 0 aliphatic carbocycles. The lowest BCUT2D eigenvalue weighted by atomic mass is 10.0. The van der Waals surface area contributed by atoms with E-state index < -0.39 is 0 Å². The molecular weight excluding hydrogens is 338 g/mol. The van der Waals surface area contributed by atoms with Crippen LogP contribution in [0, 0.1) is 0 Å². The molecule has 0 rings (SSSR count). The number of rotatable bonds is 19. The number of unbranched alkanes of at least 4 members (excludes halogenated alkanes) is 15. The molecule has 1 atom stereocenters. The highest BCUT2D eigenvalue weighted by Gasteiger charge is 2.04. The minimum atomic E-state index is 0.444. The summed E-state index contributed by atoms with van der Waals surface area (Å²) in [6, 6.07) is 0. The molecule has 0 amide bonds. The van der Waals surface area contributed by atoms with E-state index in [4.69, 9.17) is 11.6 Å². The van der Waals surface area contributed by atoms with E-state index >= 15 is 0 Å². The molecule has 0 saturated carbocycles. The van der Waals surface area contributed by atoms with Gasteiger partial charge in [-0.25, -0.2) is 0 Å². The van der Waals surface area contributed by atoms with Gasteiger partial charge in [0.05, 0.1) is 0 Å². The van der Waals surface area contributed by atoms with Crippen LogP contribution in [-0.4, -0.2) is 19.5 Å². The maximum Gasteiger partial charge on any atom is 0.0336 e. The zero-order chi connectivity index (χ0) is 19.7. The Morgan fingerprint density at radius 3 is 1.00 bits per heavy atom. The second kappa shape index (κ2) is 27.5. The molecule has 1 nitrogen and oxygen atoms in total. The third kappa shape index (κ3) is 29.0. The summed E-state index contributed by atoms with van der Waals surface area (Å²) in [5, 5.41) is 3.19. The molecule has 0 bridgehead atoms. The first-order valence-electron chi connectivity index (χ1n) is 11.9. The normalized spacial score (nSPS) is 11.9. The predicted octanol–water partition coefficient (Wildman–Crippen LogP) is 8.88. The lowest BCUT2D eigenvalue weighted by molar-refractivity contribution is 0.526. The van der Waals surface area contributed by atoms with Crippen LogP contribution in [0.2, 0.25) is 0 Å². The summed E-state index contributed by atoms with van der Waals surface area (Å²) in [6.07, 6.45) is 26.5. The molecule has 1 unspecified atom stereocenters. The highest BCUT2D eigenvalue weighted by atomic mass is 35.5. The van der Waals surface area contributed by atoms with Crippen LogP contribution in [0.15, 0.2) is 0 Å². The fraction of sp³-hybridized carbons (Fsp3) is 1.00. The number of hydrogen-bond acceptors (Lipinski definition) is 1. The van der Waals surface area contributed by atoms with E-state index in [0.29, 0.717) is 5.38 Å². The molecule has 0 aromatic carbocycles. The highest BCUT2D eigenvalue weighted by molar-refractivity contribution is 6.20. The van der Waals surface area contributed by atoms with Crippen molar-refractivity contribution in [2.24, 2.45) is 0 Å². The Morgan fingerprint density at radius 1 is 0.500 bits per heavy atom. The third-order valence-electron chi connectivity index (χ3n) is 4.99. The summed E-state index contributed by atoms with van der Waals surface area (Å²) in [7, 11) is 3.75. The van der Waals surface area contributed by atoms with Gasteiger partial charge in [-0.3, -0.25) is 0 Å². The van der Waals surface area contributed by atoms with E-state index in [1.54, 1.807) is 0 Å². The maximum absolute atomic E-state index is 6.46. The lowest BCUT2D eigenvalue weighted by Gasteiger charge is -2.09. The number of hydrogen-bond donors (Lipinski definition) is 1. The predicted molar refractivity (Wildman–Crippen MR) is 124 cm³/mol. The van der Waals surface area contributed by atoms with Crippen molar-refractivity contribution in [2.45, 2.75) is 141 Å². The molecule has 0 saturated heterocycles. The monoisotopic (exact) mass is 389 g/mol. The van der Waals surface area contributed by atoms with Crippen LogP contribution in [-0.2, 0) is 0 Å². The first-order valence-corrected chi connectivity index (χ1v) is 12.4. The number of halogens is 1. The maximum atomic E-state index is 6.46. The Balaban J connectivity index is 0. The zero-order valence-electron chi connectivity index (χ0n) is 18.9. The minimum Gasteiger partial charge on any atom is -0.323 e. The van der Waals surface area contributed by atoms with Crippen molar-refractivity contribution in [3.8, 4) is 0 Å². The quantitative estimate of drug-likeness (QED) is 0.172. The Labute approximate surface area is 172 Å². The van der Waals surface area contributed by atoms with Crippen LogP contribution < -0.4 is 5.32 Å². The summed E-state index contributed by atoms with van der Waals surface area (Å²) >= 11 is 6.46. The van der Waals surface area contributed by atoms with Crippen LogP contribution in [0.4, 0.5) is 0 Å². The first-order chi connectivity index (χ1) is 12.7. The second-order valence-electron chi connectivity index (χ2n) is 7.98. The highest BCUT2D eigenvalue weighted by Crippen LogP contribution is 2.18. The Kier molecular flexibility index (Phi) is 30.1. The average Bonchev–Trinajstić information content (AvgIpc) is 2.63. The molecule has 0 fully saturated rings. The van der Waals surface area contributed by atoms with Gasteiger partial charge in [-0.15, -0.1) is 11.6 Å². The van der Waals surface area contributed by atoms with Crippen LogP contribution in [0.1, 0.15) is 136 Å². The third-order valence-corrected chi connectivity index (χ3v) is 5.43. The van der Waals surface area contributed by atoms with E-state index in [0.717, 1.165) is 0 Å². The zero-order valence-corrected chi connectivity index (χ0v) is 19.6. The van der Waals surface area contributed by atoms with E-state index in [1.807, 2.05) is 14.1 Å². The van der Waals surface area contributed by atoms with Gasteiger partial charge in [0.25, 0.3) is 0 Å². The number of alkyl halides is 1. The van der Waals surface area contributed by atoms with Crippen LogP contribution in [0.25, 0.3) is 0 Å². The van der Waals surface area contributed by atoms with E-state index in [1.165, 1.54) is 122 Å². The van der Waals surface area contributed by atoms with Gasteiger partial charge in [0.1, 0.15) is 0 Å². The SMILES string of the molecule is CCCCCCCCCCCC(Cl)CCCCCCCCCC.CNC. The fourth-order valence-corrected chi connectivity index (χ4v) is 3.63. The van der Waals surface area contributed by atoms with Gasteiger partial charge in [0.2, 0.25) is 0 Å². The van der Waals surface area contributed by atoms with Crippen LogP contribution in [0.5, 0.6) is 0 Å². The topological polar surface area (TPSA) is 12.0 Å². The number of nitrogens with one attached hydrogen (secondary N) is 1. The molecule has 0 aliphatic rings. The molecule has 0 aliphatic heterocycles. The molecule has 26 heavy (non-hydrogen) atoms. The molecule has 0 heterocycles. The summed E-state index contributed by atoms with van der Waals surface area (Å²) in [5.74, 6) is 0. The molecule has 160 valence electrons. The molecule has 0 spiro atoms. The van der Waals surface area contributed by atoms with Crippen molar-refractivity contribution >= 4 is 11.6 Å². The average molecular weight is 390 g/mol. The summed E-state index contributed by atoms with van der Waals surface area (Å²) in [4.78, 5) is 0. The van der Waals surface area contributed by atoms with Crippen molar-refractivity contribution in [3.05, 3.63) is 0 Å². The van der Waals surface area contributed by atoms with Gasteiger partial charge in [-0.1, -0.05) is 123 Å². The van der Waals surface area contributed by atoms with E-state index in [2.05, 4.69) is 19.2 Å². The van der Waals surface area contributed by atoms with Crippen LogP contribution >= 0.6 is 11.6 Å². The van der Waals surface area contributed by atoms with Crippen LogP contribution in [0.3, 0.4) is 0 Å². The van der Waals surface area contributed by atoms with Crippen molar-refractivity contribution < 1.29 is 0 Å². The van der Waals surface area contributed by atoms with Gasteiger partial charge in [-0.05, 0) is 26.9 Å². The summed E-state index contributed by atoms with van der Waals surface area (Å²) in [6.45, 7) is 4.57. The molecule has 0 aromatic rings. The lowest BCUT2D eigenvalue weighted by Crippen LogP contribution is -1.98. The largest absolute Gasteiger partial charge is 0.323 e. The fourth-order valence-electron chi connectivity index (χ4n) is 3.32. The Morgan fingerprint density at radius 2 is 0.731 bits per heavy atom. The van der Waals surface area contributed by atoms with E-state index in [9.17, 15) is 0 Å². The summed E-state index contributed by atoms with van der Waals surface area (Å²) < 4.78 is 0. The molecule has 0 aromatic heterocycles. The minimum absolute atomic E-state index is 0.444. The van der Waals surface area contributed by atoms with Gasteiger partial charge in [-0.2, -0.15) is 0 Å². The van der Waals surface area contributed by atoms with Crippen molar-refractivity contribution in [2.75, 3.05) is 14.1 Å². The van der Waals surface area contributed by atoms with Gasteiger partial charge >= 0.3 is 0 Å². The van der Waals surface area contributed by atoms with Crippen molar-refractivity contribution in [3.63, 3.8) is 0 Å². The Bertz CT molecular complexity index is 220. The smallest absolute Gasteiger partial charge is 0.0336 e. The van der Waals surface area contributed by atoms with E-state index in [-0.39, 0.29) is 0 Å².